The molecule has 0 bridgehead atoms. The Bertz CT molecular complexity index is 190. The Morgan fingerprint density at radius 2 is 1.85 bits per heavy atom. The molecule has 1 aliphatic rings. The first kappa shape index (κ1) is 10.8. The second-order valence-electron chi connectivity index (χ2n) is 5.11. The van der Waals surface area contributed by atoms with E-state index in [1.54, 1.807) is 11.1 Å². The van der Waals surface area contributed by atoms with Crippen LogP contribution >= 0.6 is 0 Å². The minimum Gasteiger partial charge on any atom is -0.0710 e. The maximum absolute atomic E-state index is 2.39. The molecule has 1 aliphatic carbocycles. The number of hydrogen-bond donors (Lipinski definition) is 0. The standard InChI is InChI=1S/C13H24/c1-5-11(12-8-7-9-12)10-13(3,4)6-2/h5-10H2,1-4H3. The molecule has 0 amide bonds. The predicted octanol–water partition coefficient (Wildman–Crippen LogP) is 4.70. The largest absolute Gasteiger partial charge is 0.0710 e. The van der Waals surface area contributed by atoms with Crippen LogP contribution in [-0.4, -0.2) is 0 Å². The quantitative estimate of drug-likeness (QED) is 0.550. The van der Waals surface area contributed by atoms with E-state index in [-0.39, 0.29) is 0 Å². The summed E-state index contributed by atoms with van der Waals surface area (Å²) in [4.78, 5) is 0. The Morgan fingerprint density at radius 3 is 2.15 bits per heavy atom. The van der Waals surface area contributed by atoms with Crippen molar-refractivity contribution in [1.82, 2.24) is 0 Å². The summed E-state index contributed by atoms with van der Waals surface area (Å²) in [6, 6.07) is 0. The van der Waals surface area contributed by atoms with Gasteiger partial charge in [-0.2, -0.15) is 0 Å². The van der Waals surface area contributed by atoms with Crippen LogP contribution in [0.5, 0.6) is 0 Å². The van der Waals surface area contributed by atoms with E-state index < -0.39 is 0 Å². The lowest BCUT2D eigenvalue weighted by molar-refractivity contribution is 0.341. The van der Waals surface area contributed by atoms with Gasteiger partial charge in [0, 0.05) is 0 Å². The van der Waals surface area contributed by atoms with Gasteiger partial charge in [0.1, 0.15) is 0 Å². The zero-order valence-corrected chi connectivity index (χ0v) is 9.74. The molecule has 0 saturated heterocycles. The van der Waals surface area contributed by atoms with Crippen molar-refractivity contribution in [2.75, 3.05) is 0 Å². The Kier molecular flexibility index (Phi) is 3.58. The summed E-state index contributed by atoms with van der Waals surface area (Å²) in [5, 5.41) is 0. The molecule has 0 atom stereocenters. The predicted molar refractivity (Wildman–Crippen MR) is 59.9 cm³/mol. The Morgan fingerprint density at radius 1 is 1.23 bits per heavy atom. The summed E-state index contributed by atoms with van der Waals surface area (Å²) >= 11 is 0. The average Bonchev–Trinajstić information content (AvgIpc) is 2.00. The molecule has 0 radical (unpaired) electrons. The molecular weight excluding hydrogens is 156 g/mol. The highest BCUT2D eigenvalue weighted by atomic mass is 14.3. The third kappa shape index (κ3) is 2.86. The van der Waals surface area contributed by atoms with E-state index in [1.807, 2.05) is 0 Å². The molecule has 0 nitrogen and oxygen atoms in total. The van der Waals surface area contributed by atoms with Gasteiger partial charge in [0.15, 0.2) is 0 Å². The highest BCUT2D eigenvalue weighted by Gasteiger charge is 2.20. The van der Waals surface area contributed by atoms with Crippen LogP contribution in [0.2, 0.25) is 0 Å². The van der Waals surface area contributed by atoms with Crippen LogP contribution in [0.1, 0.15) is 66.2 Å². The first-order valence-corrected chi connectivity index (χ1v) is 5.79. The molecule has 0 aromatic rings. The highest BCUT2D eigenvalue weighted by molar-refractivity contribution is 5.20. The fraction of sp³-hybridized carbons (Fsp3) is 0.846. The second-order valence-corrected chi connectivity index (χ2v) is 5.11. The van der Waals surface area contributed by atoms with Gasteiger partial charge in [-0.1, -0.05) is 45.3 Å². The average molecular weight is 180 g/mol. The molecule has 0 heteroatoms. The lowest BCUT2D eigenvalue weighted by Crippen LogP contribution is -2.13. The number of allylic oxidation sites excluding steroid dienone is 2. The van der Waals surface area contributed by atoms with Crippen molar-refractivity contribution in [2.24, 2.45) is 5.41 Å². The van der Waals surface area contributed by atoms with Crippen molar-refractivity contribution in [3.63, 3.8) is 0 Å². The maximum atomic E-state index is 2.39. The lowest BCUT2D eigenvalue weighted by Gasteiger charge is -2.29. The number of hydrogen-bond acceptors (Lipinski definition) is 0. The zero-order chi connectivity index (χ0) is 9.90. The van der Waals surface area contributed by atoms with Crippen LogP contribution in [0, 0.1) is 5.41 Å². The molecule has 0 aliphatic heterocycles. The summed E-state index contributed by atoms with van der Waals surface area (Å²) in [6.45, 7) is 9.40. The van der Waals surface area contributed by atoms with Gasteiger partial charge >= 0.3 is 0 Å². The van der Waals surface area contributed by atoms with Gasteiger partial charge in [0.2, 0.25) is 0 Å². The van der Waals surface area contributed by atoms with E-state index >= 15 is 0 Å². The first-order chi connectivity index (χ1) is 6.09. The molecule has 1 saturated carbocycles. The molecule has 0 aromatic heterocycles. The molecule has 0 heterocycles. The third-order valence-corrected chi connectivity index (χ3v) is 3.53. The van der Waals surface area contributed by atoms with Crippen LogP contribution in [0.3, 0.4) is 0 Å². The summed E-state index contributed by atoms with van der Waals surface area (Å²) in [5.41, 5.74) is 4.07. The molecular formula is C13H24. The Labute approximate surface area is 83.4 Å². The first-order valence-electron chi connectivity index (χ1n) is 5.79. The van der Waals surface area contributed by atoms with Gasteiger partial charge in [-0.05, 0) is 37.5 Å². The van der Waals surface area contributed by atoms with Crippen LogP contribution in [-0.2, 0) is 0 Å². The van der Waals surface area contributed by atoms with Gasteiger partial charge in [-0.3, -0.25) is 0 Å². The molecule has 1 fully saturated rings. The lowest BCUT2D eigenvalue weighted by atomic mass is 9.77. The molecule has 0 aromatic carbocycles. The van der Waals surface area contributed by atoms with E-state index in [9.17, 15) is 0 Å². The maximum Gasteiger partial charge on any atom is -0.0266 e. The van der Waals surface area contributed by atoms with E-state index in [4.69, 9.17) is 0 Å². The fourth-order valence-electron chi connectivity index (χ4n) is 1.91. The normalized spacial score (nSPS) is 17.1. The minimum absolute atomic E-state index is 0.522. The van der Waals surface area contributed by atoms with Crippen molar-refractivity contribution >= 4 is 0 Å². The molecule has 13 heavy (non-hydrogen) atoms. The topological polar surface area (TPSA) is 0 Å². The van der Waals surface area contributed by atoms with E-state index in [0.29, 0.717) is 5.41 Å². The second kappa shape index (κ2) is 4.30. The summed E-state index contributed by atoms with van der Waals surface area (Å²) in [6.07, 6.45) is 8.12. The highest BCUT2D eigenvalue weighted by Crippen LogP contribution is 2.37. The summed E-state index contributed by atoms with van der Waals surface area (Å²) in [5.74, 6) is 0. The van der Waals surface area contributed by atoms with Crippen LogP contribution in [0.25, 0.3) is 0 Å². The van der Waals surface area contributed by atoms with Gasteiger partial charge in [0.25, 0.3) is 0 Å². The van der Waals surface area contributed by atoms with Crippen LogP contribution < -0.4 is 0 Å². The number of rotatable bonds is 4. The van der Waals surface area contributed by atoms with Gasteiger partial charge in [0.05, 0.1) is 0 Å². The third-order valence-electron chi connectivity index (χ3n) is 3.53. The minimum atomic E-state index is 0.522. The monoisotopic (exact) mass is 180 g/mol. The van der Waals surface area contributed by atoms with Gasteiger partial charge in [-0.25, -0.2) is 0 Å². The van der Waals surface area contributed by atoms with Crippen molar-refractivity contribution in [3.8, 4) is 0 Å². The molecule has 0 unspecified atom stereocenters. The van der Waals surface area contributed by atoms with Crippen molar-refractivity contribution < 1.29 is 0 Å². The van der Waals surface area contributed by atoms with Crippen LogP contribution in [0.15, 0.2) is 11.1 Å². The Balaban J connectivity index is 2.59. The van der Waals surface area contributed by atoms with Crippen molar-refractivity contribution in [2.45, 2.75) is 66.2 Å². The van der Waals surface area contributed by atoms with Crippen molar-refractivity contribution in [3.05, 3.63) is 11.1 Å². The van der Waals surface area contributed by atoms with Gasteiger partial charge < -0.3 is 0 Å². The molecule has 0 N–H and O–H groups in total. The molecule has 0 spiro atoms. The smallest absolute Gasteiger partial charge is 0.0266 e. The van der Waals surface area contributed by atoms with Crippen molar-refractivity contribution in [1.29, 1.82) is 0 Å². The Hall–Kier alpha value is -0.260. The SMILES string of the molecule is CCC(CC(C)(C)CC)=C1CCC1. The fourth-order valence-corrected chi connectivity index (χ4v) is 1.91. The van der Waals surface area contributed by atoms with E-state index in [1.165, 1.54) is 38.5 Å². The zero-order valence-electron chi connectivity index (χ0n) is 9.74. The summed E-state index contributed by atoms with van der Waals surface area (Å²) in [7, 11) is 0. The summed E-state index contributed by atoms with van der Waals surface area (Å²) < 4.78 is 0. The van der Waals surface area contributed by atoms with Crippen LogP contribution in [0.4, 0.5) is 0 Å². The van der Waals surface area contributed by atoms with E-state index in [0.717, 1.165) is 0 Å². The van der Waals surface area contributed by atoms with E-state index in [2.05, 4.69) is 27.7 Å². The van der Waals surface area contributed by atoms with Gasteiger partial charge in [-0.15, -0.1) is 0 Å². The molecule has 1 rings (SSSR count). The molecule has 76 valence electrons.